The Morgan fingerprint density at radius 1 is 1.12 bits per heavy atom. The van der Waals surface area contributed by atoms with Crippen LogP contribution in [0.15, 0.2) is 0 Å². The van der Waals surface area contributed by atoms with Crippen LogP contribution in [0.4, 0.5) is 0 Å². The molecule has 2 fully saturated rings. The molecule has 2 N–H and O–H groups in total. The maximum absolute atomic E-state index is 3.75. The van der Waals surface area contributed by atoms with E-state index in [9.17, 15) is 0 Å². The van der Waals surface area contributed by atoms with Crippen molar-refractivity contribution >= 4 is 0 Å². The molecule has 0 aromatic heterocycles. The van der Waals surface area contributed by atoms with E-state index in [1.165, 1.54) is 45.2 Å². The van der Waals surface area contributed by atoms with E-state index in [-0.39, 0.29) is 0 Å². The van der Waals surface area contributed by atoms with Gasteiger partial charge in [-0.3, -0.25) is 0 Å². The first-order valence-corrected chi connectivity index (χ1v) is 7.43. The van der Waals surface area contributed by atoms with E-state index in [4.69, 9.17) is 0 Å². The van der Waals surface area contributed by atoms with Gasteiger partial charge < -0.3 is 10.6 Å². The molecule has 1 heterocycles. The second-order valence-corrected chi connectivity index (χ2v) is 7.12. The van der Waals surface area contributed by atoms with Crippen LogP contribution in [0.1, 0.15) is 59.8 Å². The minimum atomic E-state index is 0.482. The van der Waals surface area contributed by atoms with E-state index < -0.39 is 0 Å². The molecule has 1 saturated heterocycles. The summed E-state index contributed by atoms with van der Waals surface area (Å²) in [6, 6.07) is 1.51. The molecular formula is C15H30N2. The second kappa shape index (κ2) is 4.89. The summed E-state index contributed by atoms with van der Waals surface area (Å²) in [5.74, 6) is 0. The third-order valence-corrected chi connectivity index (χ3v) is 5.51. The van der Waals surface area contributed by atoms with Gasteiger partial charge in [-0.15, -0.1) is 0 Å². The quantitative estimate of drug-likeness (QED) is 0.720. The fourth-order valence-electron chi connectivity index (χ4n) is 3.47. The highest BCUT2D eigenvalue weighted by Gasteiger charge is 2.64. The summed E-state index contributed by atoms with van der Waals surface area (Å²) in [6.07, 6.45) is 6.86. The van der Waals surface area contributed by atoms with Crippen molar-refractivity contribution < 1.29 is 0 Å². The zero-order valence-electron chi connectivity index (χ0n) is 12.1. The number of hydrogen-bond donors (Lipinski definition) is 2. The smallest absolute Gasteiger partial charge is 0.0181 e. The van der Waals surface area contributed by atoms with E-state index in [1.54, 1.807) is 0 Å². The van der Waals surface area contributed by atoms with Gasteiger partial charge in [0.25, 0.3) is 0 Å². The van der Waals surface area contributed by atoms with E-state index in [0.29, 0.717) is 16.9 Å². The van der Waals surface area contributed by atoms with Crippen LogP contribution in [-0.2, 0) is 0 Å². The largest absolute Gasteiger partial charge is 0.314 e. The molecular weight excluding hydrogens is 208 g/mol. The normalized spacial score (nSPS) is 31.4. The van der Waals surface area contributed by atoms with E-state index in [2.05, 4.69) is 38.3 Å². The van der Waals surface area contributed by atoms with Crippen LogP contribution < -0.4 is 10.6 Å². The predicted octanol–water partition coefficient (Wildman–Crippen LogP) is 2.93. The fourth-order valence-corrected chi connectivity index (χ4v) is 3.47. The maximum Gasteiger partial charge on any atom is 0.0181 e. The summed E-state index contributed by atoms with van der Waals surface area (Å²) in [7, 11) is 0. The van der Waals surface area contributed by atoms with Crippen LogP contribution >= 0.6 is 0 Å². The van der Waals surface area contributed by atoms with Crippen molar-refractivity contribution in [1.29, 1.82) is 0 Å². The zero-order chi connectivity index (χ0) is 12.5. The first kappa shape index (κ1) is 13.4. The Balaban J connectivity index is 1.58. The summed E-state index contributed by atoms with van der Waals surface area (Å²) < 4.78 is 0. The van der Waals surface area contributed by atoms with Crippen LogP contribution in [0.3, 0.4) is 0 Å². The van der Waals surface area contributed by atoms with Gasteiger partial charge in [0.05, 0.1) is 0 Å². The van der Waals surface area contributed by atoms with Crippen LogP contribution in [0, 0.1) is 10.8 Å². The summed E-state index contributed by atoms with van der Waals surface area (Å²) in [4.78, 5) is 0. The lowest BCUT2D eigenvalue weighted by molar-refractivity contribution is 0.371. The summed E-state index contributed by atoms with van der Waals surface area (Å²) in [5.41, 5.74) is 0.964. The molecule has 1 aliphatic carbocycles. The number of piperidine rings is 1. The van der Waals surface area contributed by atoms with Crippen LogP contribution in [0.2, 0.25) is 0 Å². The molecule has 2 nitrogen and oxygen atoms in total. The predicted molar refractivity (Wildman–Crippen MR) is 74.2 cm³/mol. The van der Waals surface area contributed by atoms with Gasteiger partial charge >= 0.3 is 0 Å². The molecule has 1 unspecified atom stereocenters. The first-order valence-electron chi connectivity index (χ1n) is 7.43. The van der Waals surface area contributed by atoms with Crippen molar-refractivity contribution in [3.05, 3.63) is 0 Å². The molecule has 1 atom stereocenters. The molecule has 0 aromatic carbocycles. The van der Waals surface area contributed by atoms with Gasteiger partial charge in [-0.1, -0.05) is 34.1 Å². The minimum Gasteiger partial charge on any atom is -0.314 e. The molecule has 17 heavy (non-hydrogen) atoms. The number of hydrogen-bond acceptors (Lipinski definition) is 2. The Kier molecular flexibility index (Phi) is 3.84. The lowest BCUT2D eigenvalue weighted by atomic mass is 10.0. The Bertz CT molecular complexity index is 238. The Hall–Kier alpha value is -0.0800. The van der Waals surface area contributed by atoms with Gasteiger partial charge in [0.1, 0.15) is 0 Å². The highest BCUT2D eigenvalue weighted by Crippen LogP contribution is 2.62. The van der Waals surface area contributed by atoms with Gasteiger partial charge in [0.15, 0.2) is 0 Å². The van der Waals surface area contributed by atoms with E-state index >= 15 is 0 Å². The monoisotopic (exact) mass is 238 g/mol. The van der Waals surface area contributed by atoms with Gasteiger partial charge in [-0.25, -0.2) is 0 Å². The van der Waals surface area contributed by atoms with E-state index in [0.717, 1.165) is 6.04 Å². The van der Waals surface area contributed by atoms with Crippen molar-refractivity contribution in [2.75, 3.05) is 13.1 Å². The van der Waals surface area contributed by atoms with Crippen molar-refractivity contribution in [1.82, 2.24) is 10.6 Å². The van der Waals surface area contributed by atoms with Crippen LogP contribution in [0.25, 0.3) is 0 Å². The SMILES string of the molecule is CC1(C)C(NCCCC2CCCCN2)C1(C)C. The summed E-state index contributed by atoms with van der Waals surface area (Å²) >= 11 is 0. The van der Waals surface area contributed by atoms with Crippen molar-refractivity contribution in [3.63, 3.8) is 0 Å². The van der Waals surface area contributed by atoms with Crippen LogP contribution in [0.5, 0.6) is 0 Å². The average molecular weight is 238 g/mol. The topological polar surface area (TPSA) is 24.1 Å². The van der Waals surface area contributed by atoms with Crippen LogP contribution in [-0.4, -0.2) is 25.2 Å². The molecule has 0 bridgehead atoms. The molecule has 2 heteroatoms. The molecule has 0 amide bonds. The Morgan fingerprint density at radius 3 is 2.35 bits per heavy atom. The Morgan fingerprint density at radius 2 is 1.82 bits per heavy atom. The molecule has 0 aromatic rings. The van der Waals surface area contributed by atoms with Gasteiger partial charge in [-0.2, -0.15) is 0 Å². The number of rotatable bonds is 5. The summed E-state index contributed by atoms with van der Waals surface area (Å²) in [6.45, 7) is 12.0. The highest BCUT2D eigenvalue weighted by atomic mass is 15.0. The molecule has 1 saturated carbocycles. The highest BCUT2D eigenvalue weighted by molar-refractivity contribution is 5.17. The lowest BCUT2D eigenvalue weighted by Gasteiger charge is -2.23. The maximum atomic E-state index is 3.75. The number of nitrogens with one attached hydrogen (secondary N) is 2. The van der Waals surface area contributed by atoms with Gasteiger partial charge in [0.2, 0.25) is 0 Å². The van der Waals surface area contributed by atoms with E-state index in [1.807, 2.05) is 0 Å². The standard InChI is InChI=1S/C15H30N2/c1-14(2)13(15(14,3)4)17-11-7-9-12-8-5-6-10-16-12/h12-13,16-17H,5-11H2,1-4H3. The third-order valence-electron chi connectivity index (χ3n) is 5.51. The summed E-state index contributed by atoms with van der Waals surface area (Å²) in [5, 5.41) is 7.38. The molecule has 2 aliphatic rings. The van der Waals surface area contributed by atoms with Gasteiger partial charge in [0, 0.05) is 12.1 Å². The lowest BCUT2D eigenvalue weighted by Crippen LogP contribution is -2.34. The van der Waals surface area contributed by atoms with Crippen molar-refractivity contribution in [2.45, 2.75) is 71.9 Å². The average Bonchev–Trinajstić information content (AvgIpc) is 2.67. The minimum absolute atomic E-state index is 0.482. The van der Waals surface area contributed by atoms with Crippen molar-refractivity contribution in [2.24, 2.45) is 10.8 Å². The molecule has 0 spiro atoms. The first-order chi connectivity index (χ1) is 7.96. The fraction of sp³-hybridized carbons (Fsp3) is 1.00. The molecule has 1 aliphatic heterocycles. The Labute approximate surface area is 107 Å². The third kappa shape index (κ3) is 2.68. The zero-order valence-corrected chi connectivity index (χ0v) is 12.1. The molecule has 0 radical (unpaired) electrons. The second-order valence-electron chi connectivity index (χ2n) is 7.12. The molecule has 2 rings (SSSR count). The molecule has 100 valence electrons. The van der Waals surface area contributed by atoms with Gasteiger partial charge in [-0.05, 0) is 49.6 Å². The van der Waals surface area contributed by atoms with Crippen molar-refractivity contribution in [3.8, 4) is 0 Å².